The molecular weight excluding hydrogens is 238 g/mol. The summed E-state index contributed by atoms with van der Waals surface area (Å²) in [5.41, 5.74) is 0. The molecular formula is C15H33N3O. The van der Waals surface area contributed by atoms with Crippen molar-refractivity contribution >= 4 is 0 Å². The van der Waals surface area contributed by atoms with E-state index in [0.717, 1.165) is 32.3 Å². The Kier molecular flexibility index (Phi) is 9.43. The normalized spacial score (nSPS) is 20.5. The third-order valence-electron chi connectivity index (χ3n) is 3.72. The van der Waals surface area contributed by atoms with Crippen LogP contribution in [-0.2, 0) is 4.74 Å². The van der Waals surface area contributed by atoms with E-state index in [-0.39, 0.29) is 0 Å². The van der Waals surface area contributed by atoms with Crippen LogP contribution in [0, 0.1) is 0 Å². The number of likely N-dealkylation sites (N-methyl/N-ethyl adjacent to an activating group) is 1. The van der Waals surface area contributed by atoms with E-state index >= 15 is 0 Å². The Morgan fingerprint density at radius 2 is 2.11 bits per heavy atom. The second-order valence-corrected chi connectivity index (χ2v) is 5.81. The number of ether oxygens (including phenoxy) is 1. The van der Waals surface area contributed by atoms with Crippen molar-refractivity contribution in [1.82, 2.24) is 15.1 Å². The lowest BCUT2D eigenvalue weighted by atomic mass is 10.2. The average Bonchev–Trinajstić information content (AvgIpc) is 2.79. The van der Waals surface area contributed by atoms with E-state index in [1.54, 1.807) is 0 Å². The van der Waals surface area contributed by atoms with E-state index in [2.05, 4.69) is 36.1 Å². The van der Waals surface area contributed by atoms with E-state index < -0.39 is 0 Å². The van der Waals surface area contributed by atoms with Crippen LogP contribution < -0.4 is 5.32 Å². The molecule has 0 radical (unpaired) electrons. The predicted molar refractivity (Wildman–Crippen MR) is 81.7 cm³/mol. The van der Waals surface area contributed by atoms with Gasteiger partial charge in [0.05, 0.1) is 6.61 Å². The second kappa shape index (κ2) is 10.6. The number of hydrogen-bond acceptors (Lipinski definition) is 4. The van der Waals surface area contributed by atoms with Crippen molar-refractivity contribution < 1.29 is 4.74 Å². The van der Waals surface area contributed by atoms with Crippen molar-refractivity contribution in [3.05, 3.63) is 0 Å². The summed E-state index contributed by atoms with van der Waals surface area (Å²) in [6.07, 6.45) is 5.12. The highest BCUT2D eigenvalue weighted by Gasteiger charge is 2.23. The molecule has 0 saturated carbocycles. The first-order chi connectivity index (χ1) is 9.24. The number of nitrogens with zero attached hydrogens (tertiary/aromatic N) is 2. The fourth-order valence-electron chi connectivity index (χ4n) is 2.66. The molecule has 0 aliphatic carbocycles. The zero-order valence-corrected chi connectivity index (χ0v) is 13.2. The summed E-state index contributed by atoms with van der Waals surface area (Å²) in [7, 11) is 4.34. The zero-order chi connectivity index (χ0) is 13.9. The molecule has 0 amide bonds. The molecule has 0 spiro atoms. The van der Waals surface area contributed by atoms with Gasteiger partial charge in [-0.25, -0.2) is 0 Å². The van der Waals surface area contributed by atoms with Gasteiger partial charge in [-0.2, -0.15) is 0 Å². The third kappa shape index (κ3) is 7.88. The number of rotatable bonds is 11. The number of unbranched alkanes of at least 4 members (excludes halogenated alkanes) is 1. The summed E-state index contributed by atoms with van der Waals surface area (Å²) in [4.78, 5) is 4.93. The molecule has 1 N–H and O–H groups in total. The lowest BCUT2D eigenvalue weighted by Gasteiger charge is -2.27. The van der Waals surface area contributed by atoms with Gasteiger partial charge in [0, 0.05) is 38.8 Å². The molecule has 0 bridgehead atoms. The molecule has 0 aromatic carbocycles. The van der Waals surface area contributed by atoms with Crippen molar-refractivity contribution in [1.29, 1.82) is 0 Å². The van der Waals surface area contributed by atoms with Crippen molar-refractivity contribution in [3.8, 4) is 0 Å². The molecule has 1 aliphatic heterocycles. The largest absolute Gasteiger partial charge is 0.380 e. The van der Waals surface area contributed by atoms with Crippen LogP contribution in [0.25, 0.3) is 0 Å². The lowest BCUT2D eigenvalue weighted by Crippen LogP contribution is -2.41. The SMILES string of the molecule is CCCCOCCNCCN1CCCC1CN(C)C. The Bertz CT molecular complexity index is 212. The van der Waals surface area contributed by atoms with Crippen molar-refractivity contribution in [3.63, 3.8) is 0 Å². The number of likely N-dealkylation sites (tertiary alicyclic amines) is 1. The standard InChI is InChI=1S/C15H33N3O/c1-4-5-12-19-13-9-16-8-11-18-10-6-7-15(18)14-17(2)3/h15-16H,4-14H2,1-3H3. The first-order valence-corrected chi connectivity index (χ1v) is 7.91. The molecule has 1 heterocycles. The van der Waals surface area contributed by atoms with Crippen molar-refractivity contribution in [2.75, 3.05) is 60.0 Å². The Morgan fingerprint density at radius 3 is 2.84 bits per heavy atom. The molecule has 1 saturated heterocycles. The smallest absolute Gasteiger partial charge is 0.0590 e. The highest BCUT2D eigenvalue weighted by Crippen LogP contribution is 2.16. The summed E-state index contributed by atoms with van der Waals surface area (Å²) in [5, 5.41) is 3.48. The van der Waals surface area contributed by atoms with E-state index in [1.807, 2.05) is 0 Å². The Morgan fingerprint density at radius 1 is 1.26 bits per heavy atom. The molecule has 0 aromatic rings. The van der Waals surface area contributed by atoms with Gasteiger partial charge < -0.3 is 15.0 Å². The Balaban J connectivity index is 1.96. The predicted octanol–water partition coefficient (Wildman–Crippen LogP) is 1.42. The van der Waals surface area contributed by atoms with Gasteiger partial charge >= 0.3 is 0 Å². The van der Waals surface area contributed by atoms with Crippen LogP contribution in [0.2, 0.25) is 0 Å². The quantitative estimate of drug-likeness (QED) is 0.575. The minimum atomic E-state index is 0.762. The van der Waals surface area contributed by atoms with Crippen LogP contribution >= 0.6 is 0 Å². The van der Waals surface area contributed by atoms with Crippen molar-refractivity contribution in [2.45, 2.75) is 38.6 Å². The van der Waals surface area contributed by atoms with Crippen LogP contribution in [0.4, 0.5) is 0 Å². The maximum absolute atomic E-state index is 5.54. The molecule has 1 fully saturated rings. The van der Waals surface area contributed by atoms with Crippen molar-refractivity contribution in [2.24, 2.45) is 0 Å². The second-order valence-electron chi connectivity index (χ2n) is 5.81. The minimum Gasteiger partial charge on any atom is -0.380 e. The van der Waals surface area contributed by atoms with Crippen LogP contribution in [0.15, 0.2) is 0 Å². The molecule has 4 heteroatoms. The monoisotopic (exact) mass is 271 g/mol. The van der Waals surface area contributed by atoms with Crippen LogP contribution in [0.5, 0.6) is 0 Å². The van der Waals surface area contributed by atoms with E-state index in [1.165, 1.54) is 45.3 Å². The molecule has 1 aliphatic rings. The van der Waals surface area contributed by atoms with Crippen LogP contribution in [-0.4, -0.2) is 75.9 Å². The topological polar surface area (TPSA) is 27.7 Å². The van der Waals surface area contributed by atoms with Gasteiger partial charge in [-0.05, 0) is 39.9 Å². The van der Waals surface area contributed by atoms with E-state index in [4.69, 9.17) is 4.74 Å². The first kappa shape index (κ1) is 16.9. The highest BCUT2D eigenvalue weighted by molar-refractivity contribution is 4.81. The molecule has 1 atom stereocenters. The van der Waals surface area contributed by atoms with Crippen LogP contribution in [0.3, 0.4) is 0 Å². The first-order valence-electron chi connectivity index (χ1n) is 7.91. The Labute approximate surface area is 119 Å². The third-order valence-corrected chi connectivity index (χ3v) is 3.72. The maximum Gasteiger partial charge on any atom is 0.0590 e. The molecule has 19 heavy (non-hydrogen) atoms. The molecule has 4 nitrogen and oxygen atoms in total. The minimum absolute atomic E-state index is 0.762. The Hall–Kier alpha value is -0.160. The summed E-state index contributed by atoms with van der Waals surface area (Å²) in [6, 6.07) is 0.762. The summed E-state index contributed by atoms with van der Waals surface area (Å²) in [6.45, 7) is 9.66. The zero-order valence-electron chi connectivity index (χ0n) is 13.2. The molecule has 0 aromatic heterocycles. The van der Waals surface area contributed by atoms with Gasteiger partial charge in [0.1, 0.15) is 0 Å². The van der Waals surface area contributed by atoms with Gasteiger partial charge in [-0.1, -0.05) is 13.3 Å². The molecule has 1 unspecified atom stereocenters. The fraction of sp³-hybridized carbons (Fsp3) is 1.00. The average molecular weight is 271 g/mol. The van der Waals surface area contributed by atoms with Gasteiger partial charge in [0.2, 0.25) is 0 Å². The maximum atomic E-state index is 5.54. The van der Waals surface area contributed by atoms with Gasteiger partial charge in [0.15, 0.2) is 0 Å². The molecule has 1 rings (SSSR count). The summed E-state index contributed by atoms with van der Waals surface area (Å²) >= 11 is 0. The highest BCUT2D eigenvalue weighted by atomic mass is 16.5. The summed E-state index contributed by atoms with van der Waals surface area (Å²) < 4.78 is 5.54. The van der Waals surface area contributed by atoms with Gasteiger partial charge in [0.25, 0.3) is 0 Å². The summed E-state index contributed by atoms with van der Waals surface area (Å²) in [5.74, 6) is 0. The van der Waals surface area contributed by atoms with Gasteiger partial charge in [-0.15, -0.1) is 0 Å². The lowest BCUT2D eigenvalue weighted by molar-refractivity contribution is 0.131. The van der Waals surface area contributed by atoms with Crippen LogP contribution in [0.1, 0.15) is 32.6 Å². The van der Waals surface area contributed by atoms with E-state index in [0.29, 0.717) is 0 Å². The molecule has 114 valence electrons. The number of hydrogen-bond donors (Lipinski definition) is 1. The fourth-order valence-corrected chi connectivity index (χ4v) is 2.66. The van der Waals surface area contributed by atoms with E-state index in [9.17, 15) is 0 Å². The number of nitrogens with one attached hydrogen (secondary N) is 1. The van der Waals surface area contributed by atoms with Gasteiger partial charge in [-0.3, -0.25) is 4.90 Å².